The van der Waals surface area contributed by atoms with Gasteiger partial charge < -0.3 is 0 Å². The molecule has 9 rings (SSSR count). The Labute approximate surface area is 280 Å². The Morgan fingerprint density at radius 1 is 0.271 bits per heavy atom. The van der Waals surface area contributed by atoms with Crippen molar-refractivity contribution in [2.45, 2.75) is 0 Å². The molecular formula is C47H31N. The van der Waals surface area contributed by atoms with Crippen LogP contribution in [0, 0.1) is 0 Å². The summed E-state index contributed by atoms with van der Waals surface area (Å²) in [4.78, 5) is 5.02. The molecule has 1 aromatic heterocycles. The van der Waals surface area contributed by atoms with E-state index < -0.39 is 0 Å². The van der Waals surface area contributed by atoms with Gasteiger partial charge in [-0.3, -0.25) is 4.98 Å². The van der Waals surface area contributed by atoms with Crippen molar-refractivity contribution in [1.82, 2.24) is 4.98 Å². The molecule has 0 spiro atoms. The Hall–Kier alpha value is -6.31. The lowest BCUT2D eigenvalue weighted by Crippen LogP contribution is -1.93. The maximum Gasteiger partial charge on any atom is 0.0702 e. The second kappa shape index (κ2) is 11.8. The van der Waals surface area contributed by atoms with Crippen LogP contribution in [-0.2, 0) is 0 Å². The van der Waals surface area contributed by atoms with E-state index in [4.69, 9.17) is 4.98 Å². The zero-order chi connectivity index (χ0) is 31.9. The van der Waals surface area contributed by atoms with Crippen molar-refractivity contribution in [3.63, 3.8) is 0 Å². The van der Waals surface area contributed by atoms with Crippen molar-refractivity contribution < 1.29 is 0 Å². The molecule has 1 heterocycles. The van der Waals surface area contributed by atoms with E-state index in [9.17, 15) is 0 Å². The van der Waals surface area contributed by atoms with Crippen molar-refractivity contribution in [2.75, 3.05) is 0 Å². The number of nitrogens with zero attached hydrogens (tertiary/aromatic N) is 1. The average molecular weight is 610 g/mol. The maximum absolute atomic E-state index is 5.02. The minimum atomic E-state index is 0.973. The Morgan fingerprint density at radius 3 is 1.27 bits per heavy atom. The molecule has 0 aliphatic heterocycles. The summed E-state index contributed by atoms with van der Waals surface area (Å²) in [6, 6.07) is 65.5. The second-order valence-electron chi connectivity index (χ2n) is 12.4. The number of rotatable bonds is 5. The van der Waals surface area contributed by atoms with Crippen LogP contribution in [0.1, 0.15) is 0 Å². The maximum atomic E-state index is 5.02. The number of fused-ring (bicyclic) bond motifs is 3. The molecule has 1 nitrogen and oxygen atoms in total. The first-order valence-corrected chi connectivity index (χ1v) is 16.5. The molecule has 0 radical (unpaired) electrons. The minimum absolute atomic E-state index is 0.973. The van der Waals surface area contributed by atoms with Gasteiger partial charge in [0.05, 0.1) is 5.69 Å². The van der Waals surface area contributed by atoms with Crippen molar-refractivity contribution in [2.24, 2.45) is 0 Å². The summed E-state index contributed by atoms with van der Waals surface area (Å²) in [6.45, 7) is 0. The minimum Gasteiger partial charge on any atom is -0.256 e. The first-order chi connectivity index (χ1) is 23.8. The van der Waals surface area contributed by atoms with Crippen LogP contribution in [0.2, 0.25) is 0 Å². The molecule has 0 bridgehead atoms. The molecule has 224 valence electrons. The van der Waals surface area contributed by atoms with Gasteiger partial charge in [-0.1, -0.05) is 152 Å². The average Bonchev–Trinajstić information content (AvgIpc) is 3.17. The SMILES string of the molecule is c1ccc(-c2cc(-c3ccccc3)cc(-c3c4ccccc4c(-c4ccc(-c5ccc6ccccc6c5)nc4)c4ccccc34)c2)cc1. The Morgan fingerprint density at radius 2 is 0.729 bits per heavy atom. The summed E-state index contributed by atoms with van der Waals surface area (Å²) < 4.78 is 0. The van der Waals surface area contributed by atoms with Gasteiger partial charge in [0.25, 0.3) is 0 Å². The Kier molecular flexibility index (Phi) is 6.87. The molecule has 0 saturated carbocycles. The molecule has 0 unspecified atom stereocenters. The van der Waals surface area contributed by atoms with Gasteiger partial charge in [-0.15, -0.1) is 0 Å². The molecule has 8 aromatic carbocycles. The van der Waals surface area contributed by atoms with Crippen LogP contribution in [0.15, 0.2) is 188 Å². The van der Waals surface area contributed by atoms with Gasteiger partial charge in [0.15, 0.2) is 0 Å². The van der Waals surface area contributed by atoms with E-state index in [-0.39, 0.29) is 0 Å². The zero-order valence-electron chi connectivity index (χ0n) is 26.3. The van der Waals surface area contributed by atoms with Crippen molar-refractivity contribution in [3.05, 3.63) is 188 Å². The summed E-state index contributed by atoms with van der Waals surface area (Å²) in [5.41, 5.74) is 11.7. The van der Waals surface area contributed by atoms with Gasteiger partial charge >= 0.3 is 0 Å². The van der Waals surface area contributed by atoms with E-state index in [0.29, 0.717) is 0 Å². The highest BCUT2D eigenvalue weighted by Crippen LogP contribution is 2.45. The third-order valence-corrected chi connectivity index (χ3v) is 9.46. The molecule has 0 aliphatic rings. The van der Waals surface area contributed by atoms with Crippen LogP contribution in [0.5, 0.6) is 0 Å². The lowest BCUT2D eigenvalue weighted by molar-refractivity contribution is 1.33. The summed E-state index contributed by atoms with van der Waals surface area (Å²) in [7, 11) is 0. The van der Waals surface area contributed by atoms with Crippen molar-refractivity contribution in [3.8, 4) is 55.8 Å². The lowest BCUT2D eigenvalue weighted by atomic mass is 9.84. The smallest absolute Gasteiger partial charge is 0.0702 e. The van der Waals surface area contributed by atoms with Crippen LogP contribution >= 0.6 is 0 Å². The lowest BCUT2D eigenvalue weighted by Gasteiger charge is -2.19. The normalized spacial score (nSPS) is 11.3. The molecule has 0 aliphatic carbocycles. The fourth-order valence-corrected chi connectivity index (χ4v) is 7.18. The summed E-state index contributed by atoms with van der Waals surface area (Å²) >= 11 is 0. The number of aromatic nitrogens is 1. The van der Waals surface area contributed by atoms with Crippen LogP contribution in [-0.4, -0.2) is 4.98 Å². The highest BCUT2D eigenvalue weighted by atomic mass is 14.7. The van der Waals surface area contributed by atoms with E-state index in [1.54, 1.807) is 0 Å². The number of benzene rings is 8. The molecule has 48 heavy (non-hydrogen) atoms. The third kappa shape index (κ3) is 4.94. The molecule has 0 saturated heterocycles. The first kappa shape index (κ1) is 28.0. The molecule has 0 atom stereocenters. The van der Waals surface area contributed by atoms with Gasteiger partial charge in [-0.2, -0.15) is 0 Å². The molecule has 9 aromatic rings. The Balaban J connectivity index is 1.26. The van der Waals surface area contributed by atoms with E-state index in [1.807, 2.05) is 6.20 Å². The molecule has 0 fully saturated rings. The predicted molar refractivity (Wildman–Crippen MR) is 204 cm³/mol. The highest BCUT2D eigenvalue weighted by molar-refractivity contribution is 6.21. The quantitative estimate of drug-likeness (QED) is 0.177. The summed E-state index contributed by atoms with van der Waals surface area (Å²) in [6.07, 6.45) is 2.04. The zero-order valence-corrected chi connectivity index (χ0v) is 26.3. The fourth-order valence-electron chi connectivity index (χ4n) is 7.18. The molecular weight excluding hydrogens is 579 g/mol. The largest absolute Gasteiger partial charge is 0.256 e. The van der Waals surface area contributed by atoms with E-state index in [0.717, 1.165) is 16.8 Å². The van der Waals surface area contributed by atoms with Crippen LogP contribution in [0.4, 0.5) is 0 Å². The van der Waals surface area contributed by atoms with Gasteiger partial charge in [0.1, 0.15) is 0 Å². The molecule has 0 amide bonds. The van der Waals surface area contributed by atoms with E-state index in [2.05, 4.69) is 182 Å². The summed E-state index contributed by atoms with van der Waals surface area (Å²) in [5, 5.41) is 7.36. The third-order valence-electron chi connectivity index (χ3n) is 9.46. The Bertz CT molecular complexity index is 2470. The molecule has 0 N–H and O–H groups in total. The predicted octanol–water partition coefficient (Wildman–Crippen LogP) is 12.9. The fraction of sp³-hybridized carbons (Fsp3) is 0. The van der Waals surface area contributed by atoms with Crippen LogP contribution in [0.25, 0.3) is 88.1 Å². The summed E-state index contributed by atoms with van der Waals surface area (Å²) in [5.74, 6) is 0. The van der Waals surface area contributed by atoms with Gasteiger partial charge in [-0.05, 0) is 102 Å². The van der Waals surface area contributed by atoms with Gasteiger partial charge in [-0.25, -0.2) is 0 Å². The van der Waals surface area contributed by atoms with Gasteiger partial charge in [0.2, 0.25) is 0 Å². The van der Waals surface area contributed by atoms with Crippen molar-refractivity contribution >= 4 is 32.3 Å². The molecule has 1 heteroatoms. The van der Waals surface area contributed by atoms with Crippen LogP contribution in [0.3, 0.4) is 0 Å². The number of hydrogen-bond donors (Lipinski definition) is 0. The van der Waals surface area contributed by atoms with Crippen LogP contribution < -0.4 is 0 Å². The van der Waals surface area contributed by atoms with Crippen molar-refractivity contribution in [1.29, 1.82) is 0 Å². The second-order valence-corrected chi connectivity index (χ2v) is 12.4. The number of pyridine rings is 1. The topological polar surface area (TPSA) is 12.9 Å². The first-order valence-electron chi connectivity index (χ1n) is 16.5. The standard InChI is InChI=1S/C47H31N/c1-3-13-32(14-4-1)38-28-39(33-15-5-2-6-16-33)30-40(29-38)47-43-21-11-9-19-41(43)46(42-20-10-12-22-44(42)47)37-25-26-45(48-31-37)36-24-23-34-17-7-8-18-35(34)27-36/h1-31H. The number of hydrogen-bond acceptors (Lipinski definition) is 1. The monoisotopic (exact) mass is 609 g/mol. The van der Waals surface area contributed by atoms with Gasteiger partial charge in [0, 0.05) is 17.3 Å². The van der Waals surface area contributed by atoms with E-state index >= 15 is 0 Å². The highest BCUT2D eigenvalue weighted by Gasteiger charge is 2.18. The van der Waals surface area contributed by atoms with E-state index in [1.165, 1.54) is 71.3 Å².